The Hall–Kier alpha value is -3.00. The summed E-state index contributed by atoms with van der Waals surface area (Å²) in [7, 11) is 0. The highest BCUT2D eigenvalue weighted by atomic mass is 32.2. The molecule has 0 atom stereocenters. The summed E-state index contributed by atoms with van der Waals surface area (Å²) in [5.41, 5.74) is 5.37. The standard InChI is InChI=1S/C19H18N6OS/c1-12-6-4-8-15(10-12)18-21-20-17(26-18)11-27-19-22-23-24-25(19)16-9-5-7-13(2)14(16)3/h4-10H,11H2,1-3H3. The molecule has 0 saturated heterocycles. The van der Waals surface area contributed by atoms with Gasteiger partial charge in [-0.1, -0.05) is 41.6 Å². The van der Waals surface area contributed by atoms with E-state index >= 15 is 0 Å². The molecule has 0 saturated carbocycles. The number of benzene rings is 2. The van der Waals surface area contributed by atoms with Gasteiger partial charge >= 0.3 is 0 Å². The lowest BCUT2D eigenvalue weighted by Crippen LogP contribution is -2.02. The Balaban J connectivity index is 1.52. The average Bonchev–Trinajstić information content (AvgIpc) is 3.31. The molecule has 136 valence electrons. The predicted molar refractivity (Wildman–Crippen MR) is 103 cm³/mol. The van der Waals surface area contributed by atoms with Crippen LogP contribution in [0.25, 0.3) is 17.1 Å². The molecular formula is C19H18N6OS. The molecule has 0 aliphatic carbocycles. The van der Waals surface area contributed by atoms with E-state index in [4.69, 9.17) is 4.42 Å². The molecule has 0 aliphatic heterocycles. The molecule has 0 fully saturated rings. The van der Waals surface area contributed by atoms with Gasteiger partial charge in [0.15, 0.2) is 0 Å². The Labute approximate surface area is 160 Å². The molecule has 0 bridgehead atoms. The number of rotatable bonds is 5. The summed E-state index contributed by atoms with van der Waals surface area (Å²) >= 11 is 1.46. The first-order chi connectivity index (χ1) is 13.1. The van der Waals surface area contributed by atoms with Crippen LogP contribution in [0.4, 0.5) is 0 Å². The van der Waals surface area contributed by atoms with Crippen molar-refractivity contribution in [2.45, 2.75) is 31.7 Å². The molecule has 0 unspecified atom stereocenters. The molecule has 2 heterocycles. The van der Waals surface area contributed by atoms with Crippen LogP contribution in [0.15, 0.2) is 52.0 Å². The van der Waals surface area contributed by atoms with Crippen LogP contribution < -0.4 is 0 Å². The number of nitrogens with zero attached hydrogens (tertiary/aromatic N) is 6. The summed E-state index contributed by atoms with van der Waals surface area (Å²) in [6.07, 6.45) is 0. The van der Waals surface area contributed by atoms with E-state index in [1.54, 1.807) is 4.68 Å². The molecule has 0 amide bonds. The quantitative estimate of drug-likeness (QED) is 0.487. The van der Waals surface area contributed by atoms with E-state index in [2.05, 4.69) is 45.6 Å². The van der Waals surface area contributed by atoms with Crippen LogP contribution in [-0.4, -0.2) is 30.4 Å². The van der Waals surface area contributed by atoms with E-state index in [0.717, 1.165) is 22.4 Å². The maximum atomic E-state index is 5.79. The van der Waals surface area contributed by atoms with E-state index in [9.17, 15) is 0 Å². The van der Waals surface area contributed by atoms with Crippen molar-refractivity contribution >= 4 is 11.8 Å². The molecule has 7 nitrogen and oxygen atoms in total. The first-order valence-electron chi connectivity index (χ1n) is 8.49. The van der Waals surface area contributed by atoms with E-state index < -0.39 is 0 Å². The lowest BCUT2D eigenvalue weighted by Gasteiger charge is -2.08. The summed E-state index contributed by atoms with van der Waals surface area (Å²) in [5, 5.41) is 21.0. The van der Waals surface area contributed by atoms with Crippen LogP contribution in [0.2, 0.25) is 0 Å². The molecule has 8 heteroatoms. The zero-order valence-electron chi connectivity index (χ0n) is 15.2. The molecule has 2 aromatic carbocycles. The second-order valence-corrected chi connectivity index (χ2v) is 7.19. The lowest BCUT2D eigenvalue weighted by molar-refractivity contribution is 0.528. The number of hydrogen-bond donors (Lipinski definition) is 0. The van der Waals surface area contributed by atoms with Crippen molar-refractivity contribution in [2.24, 2.45) is 0 Å². The zero-order chi connectivity index (χ0) is 18.8. The fourth-order valence-corrected chi connectivity index (χ4v) is 3.44. The van der Waals surface area contributed by atoms with Crippen molar-refractivity contribution in [3.8, 4) is 17.1 Å². The fraction of sp³-hybridized carbons (Fsp3) is 0.211. The Morgan fingerprint density at radius 1 is 1.00 bits per heavy atom. The first-order valence-corrected chi connectivity index (χ1v) is 9.47. The molecule has 2 aromatic heterocycles. The Morgan fingerprint density at radius 2 is 1.85 bits per heavy atom. The molecule has 0 spiro atoms. The zero-order valence-corrected chi connectivity index (χ0v) is 16.1. The van der Waals surface area contributed by atoms with Crippen LogP contribution in [0.1, 0.15) is 22.6 Å². The molecule has 0 radical (unpaired) electrons. The van der Waals surface area contributed by atoms with Gasteiger partial charge in [-0.2, -0.15) is 4.68 Å². The third kappa shape index (κ3) is 3.61. The van der Waals surface area contributed by atoms with Crippen LogP contribution >= 0.6 is 11.8 Å². The van der Waals surface area contributed by atoms with E-state index in [1.165, 1.54) is 17.3 Å². The normalized spacial score (nSPS) is 11.1. The number of tetrazole rings is 1. The van der Waals surface area contributed by atoms with Gasteiger partial charge in [-0.25, -0.2) is 0 Å². The SMILES string of the molecule is Cc1cccc(-c2nnc(CSc3nnnn3-c3cccc(C)c3C)o2)c1. The maximum absolute atomic E-state index is 5.79. The number of thioether (sulfide) groups is 1. The van der Waals surface area contributed by atoms with Gasteiger partial charge in [0.25, 0.3) is 0 Å². The summed E-state index contributed by atoms with van der Waals surface area (Å²) in [6.45, 7) is 6.16. The maximum Gasteiger partial charge on any atom is 0.247 e. The monoisotopic (exact) mass is 378 g/mol. The largest absolute Gasteiger partial charge is 0.420 e. The Morgan fingerprint density at radius 3 is 2.70 bits per heavy atom. The minimum absolute atomic E-state index is 0.490. The van der Waals surface area contributed by atoms with Crippen LogP contribution in [0, 0.1) is 20.8 Å². The summed E-state index contributed by atoms with van der Waals surface area (Å²) < 4.78 is 7.53. The van der Waals surface area contributed by atoms with Gasteiger partial charge in [-0.3, -0.25) is 0 Å². The summed E-state index contributed by atoms with van der Waals surface area (Å²) in [4.78, 5) is 0. The van der Waals surface area contributed by atoms with Crippen LogP contribution in [0.5, 0.6) is 0 Å². The highest BCUT2D eigenvalue weighted by Crippen LogP contribution is 2.26. The molecule has 0 N–H and O–H groups in total. The second kappa shape index (κ2) is 7.32. The molecule has 0 aliphatic rings. The van der Waals surface area contributed by atoms with Crippen molar-refractivity contribution < 1.29 is 4.42 Å². The van der Waals surface area contributed by atoms with Crippen molar-refractivity contribution in [2.75, 3.05) is 0 Å². The average molecular weight is 378 g/mol. The van der Waals surface area contributed by atoms with Gasteiger partial charge < -0.3 is 4.42 Å². The summed E-state index contributed by atoms with van der Waals surface area (Å²) in [6, 6.07) is 14.1. The topological polar surface area (TPSA) is 82.5 Å². The van der Waals surface area contributed by atoms with Gasteiger partial charge in [0, 0.05) is 5.56 Å². The molecule has 27 heavy (non-hydrogen) atoms. The second-order valence-electron chi connectivity index (χ2n) is 6.25. The van der Waals surface area contributed by atoms with Gasteiger partial charge in [0.2, 0.25) is 16.9 Å². The first kappa shape index (κ1) is 17.4. The minimum atomic E-state index is 0.490. The Kier molecular flexibility index (Phi) is 4.72. The lowest BCUT2D eigenvalue weighted by atomic mass is 10.1. The smallest absolute Gasteiger partial charge is 0.247 e. The number of hydrogen-bond acceptors (Lipinski definition) is 7. The van der Waals surface area contributed by atoms with Gasteiger partial charge in [-0.05, 0) is 60.5 Å². The van der Waals surface area contributed by atoms with E-state index in [-0.39, 0.29) is 0 Å². The minimum Gasteiger partial charge on any atom is -0.420 e. The Bertz CT molecular complexity index is 1090. The fourth-order valence-electron chi connectivity index (χ4n) is 2.72. The van der Waals surface area contributed by atoms with E-state index in [0.29, 0.717) is 22.7 Å². The van der Waals surface area contributed by atoms with E-state index in [1.807, 2.05) is 43.3 Å². The van der Waals surface area contributed by atoms with Gasteiger partial charge in [-0.15, -0.1) is 15.3 Å². The molecular weight excluding hydrogens is 360 g/mol. The molecule has 4 aromatic rings. The van der Waals surface area contributed by atoms with Gasteiger partial charge in [0.1, 0.15) is 0 Å². The molecule has 4 rings (SSSR count). The van der Waals surface area contributed by atoms with Crippen LogP contribution in [0.3, 0.4) is 0 Å². The van der Waals surface area contributed by atoms with Crippen molar-refractivity contribution in [1.29, 1.82) is 0 Å². The third-order valence-corrected chi connectivity index (χ3v) is 5.21. The number of aromatic nitrogens is 6. The van der Waals surface area contributed by atoms with Crippen molar-refractivity contribution in [1.82, 2.24) is 30.4 Å². The van der Waals surface area contributed by atoms with Crippen molar-refractivity contribution in [3.63, 3.8) is 0 Å². The van der Waals surface area contributed by atoms with Gasteiger partial charge in [0.05, 0.1) is 11.4 Å². The predicted octanol–water partition coefficient (Wildman–Crippen LogP) is 3.93. The van der Waals surface area contributed by atoms with Crippen molar-refractivity contribution in [3.05, 3.63) is 65.0 Å². The highest BCUT2D eigenvalue weighted by molar-refractivity contribution is 7.98. The summed E-state index contributed by atoms with van der Waals surface area (Å²) in [5.74, 6) is 1.54. The highest BCUT2D eigenvalue weighted by Gasteiger charge is 2.15. The van der Waals surface area contributed by atoms with Crippen LogP contribution in [-0.2, 0) is 5.75 Å². The third-order valence-electron chi connectivity index (χ3n) is 4.30. The number of aryl methyl sites for hydroxylation is 2.